The molecule has 2 aromatic carbocycles. The number of rotatable bonds is 3. The molecule has 0 bridgehead atoms. The zero-order valence-corrected chi connectivity index (χ0v) is 11.8. The Kier molecular flexibility index (Phi) is 4.52. The first-order valence-electron chi connectivity index (χ1n) is 5.54. The fourth-order valence-electron chi connectivity index (χ4n) is 1.49. The van der Waals surface area contributed by atoms with E-state index in [4.69, 9.17) is 0 Å². The van der Waals surface area contributed by atoms with Crippen molar-refractivity contribution in [2.75, 3.05) is 5.32 Å². The Morgan fingerprint density at radius 1 is 1.06 bits per heavy atom. The summed E-state index contributed by atoms with van der Waals surface area (Å²) in [6.07, 6.45) is 3.33. The van der Waals surface area contributed by atoms with E-state index in [-0.39, 0.29) is 5.91 Å². The van der Waals surface area contributed by atoms with Crippen LogP contribution in [0.15, 0.2) is 60.7 Å². The third-order valence-electron chi connectivity index (χ3n) is 2.32. The quantitative estimate of drug-likeness (QED) is 0.660. The van der Waals surface area contributed by atoms with Crippen molar-refractivity contribution in [3.63, 3.8) is 0 Å². The zero-order valence-electron chi connectivity index (χ0n) is 9.64. The summed E-state index contributed by atoms with van der Waals surface area (Å²) in [5, 5.41) is 2.82. The third kappa shape index (κ3) is 4.00. The number of amides is 1. The lowest BCUT2D eigenvalue weighted by atomic mass is 10.2. The number of nitrogens with one attached hydrogen (secondary N) is 1. The summed E-state index contributed by atoms with van der Waals surface area (Å²) in [5.74, 6) is -0.124. The van der Waals surface area contributed by atoms with Crippen LogP contribution in [0.25, 0.3) is 6.08 Å². The summed E-state index contributed by atoms with van der Waals surface area (Å²) in [4.78, 5) is 11.7. The average Bonchev–Trinajstić information content (AvgIpc) is 2.38. The number of halogens is 1. The lowest BCUT2D eigenvalue weighted by Crippen LogP contribution is -2.07. The van der Waals surface area contributed by atoms with Gasteiger partial charge in [-0.05, 0) is 52.4 Å². The standard InChI is InChI=1S/C15H12INO/c16-13-7-4-8-14(11-13)17-15(18)10-9-12-5-2-1-3-6-12/h1-11H,(H,17,18). The van der Waals surface area contributed by atoms with Crippen LogP contribution in [0.4, 0.5) is 5.69 Å². The van der Waals surface area contributed by atoms with Crippen LogP contribution in [0.2, 0.25) is 0 Å². The second-order valence-corrected chi connectivity index (χ2v) is 4.99. The minimum absolute atomic E-state index is 0.124. The second kappa shape index (κ2) is 6.35. The van der Waals surface area contributed by atoms with Crippen LogP contribution in [0.3, 0.4) is 0 Å². The highest BCUT2D eigenvalue weighted by Gasteiger charge is 1.97. The first-order chi connectivity index (χ1) is 8.74. The maximum Gasteiger partial charge on any atom is 0.248 e. The van der Waals surface area contributed by atoms with E-state index < -0.39 is 0 Å². The summed E-state index contributed by atoms with van der Waals surface area (Å²) < 4.78 is 1.09. The lowest BCUT2D eigenvalue weighted by Gasteiger charge is -2.02. The fourth-order valence-corrected chi connectivity index (χ4v) is 2.03. The Hall–Kier alpha value is -1.62. The van der Waals surface area contributed by atoms with Gasteiger partial charge < -0.3 is 5.32 Å². The first-order valence-corrected chi connectivity index (χ1v) is 6.61. The van der Waals surface area contributed by atoms with Gasteiger partial charge in [-0.25, -0.2) is 0 Å². The normalized spacial score (nSPS) is 10.5. The van der Waals surface area contributed by atoms with Crippen LogP contribution in [0.1, 0.15) is 5.56 Å². The van der Waals surface area contributed by atoms with Crippen molar-refractivity contribution in [1.82, 2.24) is 0 Å². The largest absolute Gasteiger partial charge is 0.322 e. The molecule has 2 rings (SSSR count). The van der Waals surface area contributed by atoms with Gasteiger partial charge in [0, 0.05) is 15.3 Å². The fraction of sp³-hybridized carbons (Fsp3) is 0. The van der Waals surface area contributed by atoms with E-state index in [1.54, 1.807) is 6.08 Å². The smallest absolute Gasteiger partial charge is 0.248 e. The molecule has 0 aromatic heterocycles. The molecule has 90 valence electrons. The Balaban J connectivity index is 1.99. The van der Waals surface area contributed by atoms with E-state index in [1.165, 1.54) is 6.08 Å². The molecule has 0 fully saturated rings. The molecule has 1 amide bonds. The van der Waals surface area contributed by atoms with Crippen molar-refractivity contribution in [1.29, 1.82) is 0 Å². The van der Waals surface area contributed by atoms with Crippen molar-refractivity contribution in [2.24, 2.45) is 0 Å². The van der Waals surface area contributed by atoms with E-state index in [0.29, 0.717) is 0 Å². The summed E-state index contributed by atoms with van der Waals surface area (Å²) in [6, 6.07) is 17.4. The van der Waals surface area contributed by atoms with Crippen LogP contribution >= 0.6 is 22.6 Å². The molecule has 18 heavy (non-hydrogen) atoms. The maximum atomic E-state index is 11.7. The number of hydrogen-bond acceptors (Lipinski definition) is 1. The molecule has 0 aliphatic heterocycles. The van der Waals surface area contributed by atoms with Gasteiger partial charge in [0.1, 0.15) is 0 Å². The Bertz CT molecular complexity index is 564. The van der Waals surface area contributed by atoms with Gasteiger partial charge in [0.05, 0.1) is 0 Å². The monoisotopic (exact) mass is 349 g/mol. The first kappa shape index (κ1) is 12.8. The summed E-state index contributed by atoms with van der Waals surface area (Å²) >= 11 is 2.21. The van der Waals surface area contributed by atoms with Crippen LogP contribution in [-0.2, 0) is 4.79 Å². The van der Waals surface area contributed by atoms with Gasteiger partial charge in [0.15, 0.2) is 0 Å². The molecule has 2 nitrogen and oxygen atoms in total. The van der Waals surface area contributed by atoms with Crippen molar-refractivity contribution in [2.45, 2.75) is 0 Å². The molecule has 3 heteroatoms. The molecule has 0 saturated carbocycles. The predicted molar refractivity (Wildman–Crippen MR) is 83.3 cm³/mol. The summed E-state index contributed by atoms with van der Waals surface area (Å²) in [5.41, 5.74) is 1.82. The van der Waals surface area contributed by atoms with Gasteiger partial charge in [0.25, 0.3) is 0 Å². The molecule has 0 spiro atoms. The molecule has 0 aliphatic rings. The van der Waals surface area contributed by atoms with Gasteiger partial charge in [-0.1, -0.05) is 36.4 Å². The highest BCUT2D eigenvalue weighted by molar-refractivity contribution is 14.1. The number of carbonyl (C=O) groups excluding carboxylic acids is 1. The molecule has 1 N–H and O–H groups in total. The molecule has 0 unspecified atom stereocenters. The minimum atomic E-state index is -0.124. The maximum absolute atomic E-state index is 11.7. The molecule has 0 heterocycles. The molecular formula is C15H12INO. The number of benzene rings is 2. The molecule has 0 aliphatic carbocycles. The van der Waals surface area contributed by atoms with Gasteiger partial charge >= 0.3 is 0 Å². The Labute approximate surface area is 120 Å². The van der Waals surface area contributed by atoms with Crippen LogP contribution in [0.5, 0.6) is 0 Å². The lowest BCUT2D eigenvalue weighted by molar-refractivity contribution is -0.111. The molecule has 2 aromatic rings. The highest BCUT2D eigenvalue weighted by atomic mass is 127. The Morgan fingerprint density at radius 2 is 1.83 bits per heavy atom. The van der Waals surface area contributed by atoms with Gasteiger partial charge in [-0.15, -0.1) is 0 Å². The van der Waals surface area contributed by atoms with E-state index in [1.807, 2.05) is 54.6 Å². The summed E-state index contributed by atoms with van der Waals surface area (Å²) in [6.45, 7) is 0. The summed E-state index contributed by atoms with van der Waals surface area (Å²) in [7, 11) is 0. The van der Waals surface area contributed by atoms with E-state index in [2.05, 4.69) is 27.9 Å². The minimum Gasteiger partial charge on any atom is -0.322 e. The molecule has 0 saturated heterocycles. The average molecular weight is 349 g/mol. The Morgan fingerprint density at radius 3 is 2.56 bits per heavy atom. The van der Waals surface area contributed by atoms with E-state index in [9.17, 15) is 4.79 Å². The molecular weight excluding hydrogens is 337 g/mol. The van der Waals surface area contributed by atoms with Gasteiger partial charge in [-0.2, -0.15) is 0 Å². The van der Waals surface area contributed by atoms with Crippen LogP contribution < -0.4 is 5.32 Å². The van der Waals surface area contributed by atoms with Crippen molar-refractivity contribution in [3.05, 3.63) is 69.8 Å². The predicted octanol–water partition coefficient (Wildman–Crippen LogP) is 3.94. The van der Waals surface area contributed by atoms with Crippen LogP contribution in [-0.4, -0.2) is 5.91 Å². The molecule has 0 atom stereocenters. The van der Waals surface area contributed by atoms with E-state index >= 15 is 0 Å². The molecule has 0 radical (unpaired) electrons. The zero-order chi connectivity index (χ0) is 12.8. The highest BCUT2D eigenvalue weighted by Crippen LogP contribution is 2.12. The number of anilines is 1. The number of carbonyl (C=O) groups is 1. The van der Waals surface area contributed by atoms with Gasteiger partial charge in [0.2, 0.25) is 5.91 Å². The van der Waals surface area contributed by atoms with Crippen molar-refractivity contribution in [3.8, 4) is 0 Å². The van der Waals surface area contributed by atoms with Crippen LogP contribution in [0, 0.1) is 3.57 Å². The second-order valence-electron chi connectivity index (χ2n) is 3.74. The van der Waals surface area contributed by atoms with E-state index in [0.717, 1.165) is 14.8 Å². The van der Waals surface area contributed by atoms with Crippen molar-refractivity contribution < 1.29 is 4.79 Å². The number of hydrogen-bond donors (Lipinski definition) is 1. The SMILES string of the molecule is O=C(C=Cc1ccccc1)Nc1cccc(I)c1. The van der Waals surface area contributed by atoms with Gasteiger partial charge in [-0.3, -0.25) is 4.79 Å². The topological polar surface area (TPSA) is 29.1 Å². The third-order valence-corrected chi connectivity index (χ3v) is 2.99. The van der Waals surface area contributed by atoms with Crippen molar-refractivity contribution >= 4 is 40.3 Å².